The highest BCUT2D eigenvalue weighted by Gasteiger charge is 2.42. The van der Waals surface area contributed by atoms with Crippen LogP contribution >= 0.6 is 0 Å². The molecule has 3 aliphatic heterocycles. The van der Waals surface area contributed by atoms with Crippen LogP contribution in [0, 0.1) is 11.6 Å². The number of nitrogens with one attached hydrogen (secondary N) is 1. The van der Waals surface area contributed by atoms with Gasteiger partial charge in [-0.25, -0.2) is 13.6 Å². The van der Waals surface area contributed by atoms with E-state index in [4.69, 9.17) is 0 Å². The van der Waals surface area contributed by atoms with E-state index in [1.807, 2.05) is 6.07 Å². The van der Waals surface area contributed by atoms with Gasteiger partial charge in [-0.1, -0.05) is 12.8 Å². The molecule has 3 heterocycles. The quantitative estimate of drug-likeness (QED) is 0.551. The van der Waals surface area contributed by atoms with E-state index in [9.17, 15) is 18.4 Å². The topological polar surface area (TPSA) is 55.9 Å². The van der Waals surface area contributed by atoms with Gasteiger partial charge < -0.3 is 15.1 Å². The van der Waals surface area contributed by atoms with Crippen molar-refractivity contribution in [3.63, 3.8) is 0 Å². The summed E-state index contributed by atoms with van der Waals surface area (Å²) in [5.74, 6) is -0.353. The van der Waals surface area contributed by atoms with E-state index in [2.05, 4.69) is 15.1 Å². The lowest BCUT2D eigenvalue weighted by molar-refractivity contribution is -0.129. The zero-order valence-corrected chi connectivity index (χ0v) is 19.9. The van der Waals surface area contributed by atoms with Crippen LogP contribution in [0.3, 0.4) is 0 Å². The molecule has 3 aliphatic rings. The fourth-order valence-corrected chi connectivity index (χ4v) is 5.78. The Morgan fingerprint density at radius 3 is 2.43 bits per heavy atom. The number of urea groups is 1. The number of anilines is 2. The zero-order chi connectivity index (χ0) is 24.4. The molecule has 8 heteroatoms. The van der Waals surface area contributed by atoms with Gasteiger partial charge >= 0.3 is 6.03 Å². The summed E-state index contributed by atoms with van der Waals surface area (Å²) in [7, 11) is 0. The molecular weight excluding hydrogens is 450 g/mol. The first-order chi connectivity index (χ1) is 17.0. The summed E-state index contributed by atoms with van der Waals surface area (Å²) < 4.78 is 27.7. The van der Waals surface area contributed by atoms with E-state index in [0.29, 0.717) is 19.5 Å². The first kappa shape index (κ1) is 23.7. The van der Waals surface area contributed by atoms with Gasteiger partial charge in [-0.3, -0.25) is 9.69 Å². The molecule has 0 unspecified atom stereocenters. The summed E-state index contributed by atoms with van der Waals surface area (Å²) in [5, 5.41) is 2.72. The molecule has 2 saturated heterocycles. The van der Waals surface area contributed by atoms with E-state index in [-0.39, 0.29) is 35.5 Å². The van der Waals surface area contributed by atoms with Crippen LogP contribution < -0.4 is 10.2 Å². The third-order valence-electron chi connectivity index (χ3n) is 7.51. The van der Waals surface area contributed by atoms with Crippen molar-refractivity contribution in [2.24, 2.45) is 0 Å². The molecule has 0 saturated carbocycles. The van der Waals surface area contributed by atoms with Gasteiger partial charge in [0.25, 0.3) is 0 Å². The van der Waals surface area contributed by atoms with E-state index in [1.165, 1.54) is 23.1 Å². The minimum Gasteiger partial charge on any atom is -0.337 e. The zero-order valence-electron chi connectivity index (χ0n) is 19.9. The number of carbonyl (C=O) groups excluding carboxylic acids is 2. The molecule has 6 nitrogen and oxygen atoms in total. The van der Waals surface area contributed by atoms with E-state index in [0.717, 1.165) is 68.7 Å². The fraction of sp³-hybridized carbons (Fsp3) is 0.481. The Morgan fingerprint density at radius 2 is 1.66 bits per heavy atom. The molecular formula is C27H32F2N4O2. The number of nitrogens with zero attached hydrogens (tertiary/aromatic N) is 3. The van der Waals surface area contributed by atoms with Crippen LogP contribution in [0.25, 0.3) is 0 Å². The highest BCUT2D eigenvalue weighted by Crippen LogP contribution is 2.48. The van der Waals surface area contributed by atoms with Gasteiger partial charge in [0.1, 0.15) is 11.6 Å². The molecule has 5 rings (SSSR count). The predicted octanol–water partition coefficient (Wildman–Crippen LogP) is 4.78. The number of unbranched alkanes of at least 4 members (excludes halogenated alkanes) is 3. The summed E-state index contributed by atoms with van der Waals surface area (Å²) in [5.41, 5.74) is 3.00. The van der Waals surface area contributed by atoms with Gasteiger partial charge in [0, 0.05) is 55.9 Å². The highest BCUT2D eigenvalue weighted by atomic mass is 19.1. The van der Waals surface area contributed by atoms with Crippen molar-refractivity contribution >= 4 is 23.3 Å². The molecule has 2 atom stereocenters. The number of hydrogen-bond donors (Lipinski definition) is 1. The maximum Gasteiger partial charge on any atom is 0.324 e. The first-order valence-corrected chi connectivity index (χ1v) is 12.7. The highest BCUT2D eigenvalue weighted by molar-refractivity contribution is 5.96. The van der Waals surface area contributed by atoms with Crippen molar-refractivity contribution in [3.05, 3.63) is 59.7 Å². The van der Waals surface area contributed by atoms with E-state index in [1.54, 1.807) is 18.2 Å². The molecule has 0 spiro atoms. The van der Waals surface area contributed by atoms with Crippen molar-refractivity contribution < 1.29 is 18.4 Å². The van der Waals surface area contributed by atoms with Gasteiger partial charge in [-0.2, -0.15) is 0 Å². The third kappa shape index (κ3) is 5.03. The van der Waals surface area contributed by atoms with Crippen LogP contribution in [0.15, 0.2) is 42.5 Å². The second-order valence-electron chi connectivity index (χ2n) is 9.75. The Bertz CT molecular complexity index is 1060. The Kier molecular flexibility index (Phi) is 7.00. The van der Waals surface area contributed by atoms with Crippen LogP contribution in [-0.4, -0.2) is 60.5 Å². The minimum atomic E-state index is -0.271. The van der Waals surface area contributed by atoms with Crippen molar-refractivity contribution in [1.82, 2.24) is 15.1 Å². The van der Waals surface area contributed by atoms with Crippen LogP contribution in [0.5, 0.6) is 0 Å². The number of amides is 3. The molecule has 1 N–H and O–H groups in total. The van der Waals surface area contributed by atoms with Gasteiger partial charge in [0.2, 0.25) is 5.91 Å². The summed E-state index contributed by atoms with van der Waals surface area (Å²) in [4.78, 5) is 29.7. The number of imide groups is 1. The molecule has 0 bridgehead atoms. The number of fused-ring (bicyclic) bond motifs is 3. The van der Waals surface area contributed by atoms with Crippen LogP contribution in [0.4, 0.5) is 25.0 Å². The molecule has 2 fully saturated rings. The Hall–Kier alpha value is -3.00. The number of benzene rings is 2. The lowest BCUT2D eigenvalue weighted by Gasteiger charge is -2.39. The summed E-state index contributed by atoms with van der Waals surface area (Å²) in [6.45, 7) is 3.75. The molecule has 0 aromatic heterocycles. The standard InChI is InChI=1S/C27H32F2N4O2/c28-19-5-8-21(9-6-19)33-24-10-7-20(29)17-22(24)23-18-31(16-12-25(23)33)14-3-1-2-4-15-32-26(34)11-13-30-27(32)35/h5-10,17,23,25H,1-4,11-16,18H2,(H,30,35)/t23-,25+/m0/s1. The monoisotopic (exact) mass is 482 g/mol. The number of hydrogen-bond acceptors (Lipinski definition) is 4. The number of likely N-dealkylation sites (tertiary alicyclic amines) is 1. The number of halogens is 2. The Morgan fingerprint density at radius 1 is 0.914 bits per heavy atom. The number of piperidine rings is 1. The van der Waals surface area contributed by atoms with Crippen molar-refractivity contribution in [3.8, 4) is 0 Å². The lowest BCUT2D eigenvalue weighted by atomic mass is 9.88. The van der Waals surface area contributed by atoms with Gasteiger partial charge in [-0.05, 0) is 73.8 Å². The van der Waals surface area contributed by atoms with Crippen LogP contribution in [0.1, 0.15) is 50.0 Å². The summed E-state index contributed by atoms with van der Waals surface area (Å²) in [6.07, 6.45) is 5.24. The predicted molar refractivity (Wildman–Crippen MR) is 131 cm³/mol. The Labute approximate surface area is 204 Å². The maximum atomic E-state index is 14.2. The van der Waals surface area contributed by atoms with E-state index >= 15 is 0 Å². The third-order valence-corrected chi connectivity index (χ3v) is 7.51. The second-order valence-corrected chi connectivity index (χ2v) is 9.75. The van der Waals surface area contributed by atoms with Gasteiger partial charge in [0.05, 0.1) is 0 Å². The molecule has 2 aromatic rings. The molecule has 35 heavy (non-hydrogen) atoms. The normalized spacial score (nSPS) is 22.2. The number of carbonyl (C=O) groups is 2. The minimum absolute atomic E-state index is 0.0837. The molecule has 3 amide bonds. The lowest BCUT2D eigenvalue weighted by Crippen LogP contribution is -2.50. The van der Waals surface area contributed by atoms with Crippen molar-refractivity contribution in [1.29, 1.82) is 0 Å². The van der Waals surface area contributed by atoms with Crippen molar-refractivity contribution in [2.75, 3.05) is 37.6 Å². The van der Waals surface area contributed by atoms with Crippen molar-refractivity contribution in [2.45, 2.75) is 50.5 Å². The maximum absolute atomic E-state index is 14.2. The fourth-order valence-electron chi connectivity index (χ4n) is 5.78. The smallest absolute Gasteiger partial charge is 0.324 e. The molecule has 0 aliphatic carbocycles. The van der Waals surface area contributed by atoms with Crippen LogP contribution in [0.2, 0.25) is 0 Å². The van der Waals surface area contributed by atoms with E-state index < -0.39 is 0 Å². The molecule has 0 radical (unpaired) electrons. The van der Waals surface area contributed by atoms with Crippen LogP contribution in [-0.2, 0) is 4.79 Å². The number of rotatable bonds is 8. The van der Waals surface area contributed by atoms with Gasteiger partial charge in [0.15, 0.2) is 0 Å². The Balaban J connectivity index is 1.15. The molecule has 186 valence electrons. The average Bonchev–Trinajstić information content (AvgIpc) is 3.16. The molecule has 2 aromatic carbocycles. The largest absolute Gasteiger partial charge is 0.337 e. The van der Waals surface area contributed by atoms with Gasteiger partial charge in [-0.15, -0.1) is 0 Å². The summed E-state index contributed by atoms with van der Waals surface area (Å²) >= 11 is 0. The second kappa shape index (κ2) is 10.3. The summed E-state index contributed by atoms with van der Waals surface area (Å²) in [6, 6.07) is 11.6. The average molecular weight is 483 g/mol. The first-order valence-electron chi connectivity index (χ1n) is 12.7. The SMILES string of the molecule is O=C1CCNC(=O)N1CCCCCCN1CC[C@@H]2[C@@H](C1)c1cc(F)ccc1N2c1ccc(F)cc1.